The number of carbonyl (C=O) groups is 1. The van der Waals surface area contributed by atoms with Gasteiger partial charge in [0, 0.05) is 32.6 Å². The highest BCUT2D eigenvalue weighted by Crippen LogP contribution is 2.34. The molecular formula is C23H27N3O4S2. The van der Waals surface area contributed by atoms with Crippen molar-refractivity contribution in [2.24, 2.45) is 0 Å². The number of para-hydroxylation sites is 1. The van der Waals surface area contributed by atoms with Crippen LogP contribution in [-0.2, 0) is 20.4 Å². The van der Waals surface area contributed by atoms with E-state index in [1.165, 1.54) is 0 Å². The Labute approximate surface area is 192 Å². The fourth-order valence-electron chi connectivity index (χ4n) is 3.77. The fourth-order valence-corrected chi connectivity index (χ4v) is 6.13. The van der Waals surface area contributed by atoms with Gasteiger partial charge in [0.2, 0.25) is 5.91 Å². The molecule has 0 radical (unpaired) electrons. The van der Waals surface area contributed by atoms with Gasteiger partial charge in [-0.05, 0) is 24.6 Å². The average Bonchev–Trinajstić information content (AvgIpc) is 3.24. The predicted octanol–water partition coefficient (Wildman–Crippen LogP) is 3.35. The van der Waals surface area contributed by atoms with Crippen LogP contribution in [0.1, 0.15) is 18.9 Å². The number of ether oxygens (including phenoxy) is 1. The summed E-state index contributed by atoms with van der Waals surface area (Å²) in [4.78, 5) is 21.3. The number of fused-ring (bicyclic) bond motifs is 1. The standard InChI is InChI=1S/C23H27N3O4S2/c1-2-30-19-9-6-10-20-22(19)24-23(31-20)26-14-12-25(13-15-26)21(27)11-16-32(28,29)17-18-7-4-3-5-8-18/h3-10H,2,11-17H2,1H3. The number of hydrogen-bond donors (Lipinski definition) is 0. The summed E-state index contributed by atoms with van der Waals surface area (Å²) in [6.45, 7) is 5.01. The summed E-state index contributed by atoms with van der Waals surface area (Å²) in [5, 5.41) is 0.921. The van der Waals surface area contributed by atoms with Crippen molar-refractivity contribution in [3.8, 4) is 5.75 Å². The van der Waals surface area contributed by atoms with Crippen LogP contribution in [0.4, 0.5) is 5.13 Å². The van der Waals surface area contributed by atoms with Gasteiger partial charge in [-0.15, -0.1) is 0 Å². The fraction of sp³-hybridized carbons (Fsp3) is 0.391. The summed E-state index contributed by atoms with van der Waals surface area (Å²) in [7, 11) is -3.32. The van der Waals surface area contributed by atoms with Crippen LogP contribution in [0.15, 0.2) is 48.5 Å². The van der Waals surface area contributed by atoms with Crippen molar-refractivity contribution < 1.29 is 17.9 Å². The van der Waals surface area contributed by atoms with E-state index in [0.29, 0.717) is 32.8 Å². The van der Waals surface area contributed by atoms with Gasteiger partial charge < -0.3 is 14.5 Å². The number of benzene rings is 2. The number of rotatable bonds is 8. The molecule has 7 nitrogen and oxygen atoms in total. The van der Waals surface area contributed by atoms with Crippen molar-refractivity contribution in [2.45, 2.75) is 19.1 Å². The normalized spacial score (nSPS) is 14.7. The second-order valence-electron chi connectivity index (χ2n) is 7.73. The molecule has 0 saturated carbocycles. The number of carbonyl (C=O) groups excluding carboxylic acids is 1. The predicted molar refractivity (Wildman–Crippen MR) is 128 cm³/mol. The van der Waals surface area contributed by atoms with Crippen LogP contribution in [0.25, 0.3) is 10.2 Å². The van der Waals surface area contributed by atoms with E-state index in [-0.39, 0.29) is 23.8 Å². The van der Waals surface area contributed by atoms with Crippen molar-refractivity contribution in [3.05, 3.63) is 54.1 Å². The number of piperazine rings is 1. The van der Waals surface area contributed by atoms with Crippen LogP contribution in [0.2, 0.25) is 0 Å². The van der Waals surface area contributed by atoms with Gasteiger partial charge >= 0.3 is 0 Å². The maximum absolute atomic E-state index is 12.6. The van der Waals surface area contributed by atoms with Gasteiger partial charge in [0.25, 0.3) is 0 Å². The summed E-state index contributed by atoms with van der Waals surface area (Å²) in [6, 6.07) is 15.0. The molecule has 1 aliphatic rings. The molecule has 170 valence electrons. The van der Waals surface area contributed by atoms with Gasteiger partial charge in [-0.1, -0.05) is 47.7 Å². The minimum Gasteiger partial charge on any atom is -0.492 e. The quantitative estimate of drug-likeness (QED) is 0.499. The molecule has 4 rings (SSSR count). The zero-order valence-electron chi connectivity index (χ0n) is 18.1. The maximum atomic E-state index is 12.6. The number of aromatic nitrogens is 1. The minimum atomic E-state index is -3.32. The molecule has 0 N–H and O–H groups in total. The molecule has 2 aromatic carbocycles. The SMILES string of the molecule is CCOc1cccc2sc(N3CCN(C(=O)CCS(=O)(=O)Cc4ccccc4)CC3)nc12. The number of anilines is 1. The van der Waals surface area contributed by atoms with E-state index in [1.807, 2.05) is 43.3 Å². The first-order valence-corrected chi connectivity index (χ1v) is 13.4. The molecule has 1 aliphatic heterocycles. The van der Waals surface area contributed by atoms with E-state index < -0.39 is 9.84 Å². The first kappa shape index (κ1) is 22.5. The Morgan fingerprint density at radius 3 is 2.53 bits per heavy atom. The first-order chi connectivity index (χ1) is 15.4. The number of hydrogen-bond acceptors (Lipinski definition) is 7. The van der Waals surface area contributed by atoms with Crippen LogP contribution in [0, 0.1) is 0 Å². The topological polar surface area (TPSA) is 79.8 Å². The number of amides is 1. The molecule has 32 heavy (non-hydrogen) atoms. The maximum Gasteiger partial charge on any atom is 0.223 e. The lowest BCUT2D eigenvalue weighted by Crippen LogP contribution is -2.49. The molecule has 0 aliphatic carbocycles. The van der Waals surface area contributed by atoms with Gasteiger partial charge in [0.1, 0.15) is 11.3 Å². The number of sulfone groups is 1. The van der Waals surface area contributed by atoms with Gasteiger partial charge in [-0.25, -0.2) is 13.4 Å². The Morgan fingerprint density at radius 2 is 1.81 bits per heavy atom. The molecule has 1 amide bonds. The lowest BCUT2D eigenvalue weighted by Gasteiger charge is -2.34. The highest BCUT2D eigenvalue weighted by molar-refractivity contribution is 7.90. The third-order valence-electron chi connectivity index (χ3n) is 5.43. The molecule has 0 spiro atoms. The molecule has 1 saturated heterocycles. The lowest BCUT2D eigenvalue weighted by molar-refractivity contribution is -0.131. The van der Waals surface area contributed by atoms with Gasteiger partial charge in [-0.2, -0.15) is 0 Å². The largest absolute Gasteiger partial charge is 0.492 e. The van der Waals surface area contributed by atoms with Crippen LogP contribution in [0.5, 0.6) is 5.75 Å². The summed E-state index contributed by atoms with van der Waals surface area (Å²) >= 11 is 1.62. The zero-order valence-corrected chi connectivity index (χ0v) is 19.7. The smallest absolute Gasteiger partial charge is 0.223 e. The van der Waals surface area contributed by atoms with Crippen LogP contribution in [0.3, 0.4) is 0 Å². The molecular weight excluding hydrogens is 446 g/mol. The Kier molecular flexibility index (Phi) is 6.95. The first-order valence-electron chi connectivity index (χ1n) is 10.7. The van der Waals surface area contributed by atoms with Gasteiger partial charge in [-0.3, -0.25) is 4.79 Å². The van der Waals surface area contributed by atoms with Crippen LogP contribution >= 0.6 is 11.3 Å². The van der Waals surface area contributed by atoms with E-state index in [0.717, 1.165) is 26.7 Å². The highest BCUT2D eigenvalue weighted by atomic mass is 32.2. The van der Waals surface area contributed by atoms with Crippen molar-refractivity contribution in [2.75, 3.05) is 43.4 Å². The number of thiazole rings is 1. The third kappa shape index (κ3) is 5.39. The minimum absolute atomic E-state index is 0.0218. The average molecular weight is 474 g/mol. The van der Waals surface area contributed by atoms with Crippen molar-refractivity contribution in [3.63, 3.8) is 0 Å². The lowest BCUT2D eigenvalue weighted by atomic mass is 10.2. The Bertz CT molecular complexity index is 1170. The van der Waals surface area contributed by atoms with E-state index in [4.69, 9.17) is 9.72 Å². The summed E-state index contributed by atoms with van der Waals surface area (Å²) in [5.74, 6) is 0.525. The third-order valence-corrected chi connectivity index (χ3v) is 8.11. The highest BCUT2D eigenvalue weighted by Gasteiger charge is 2.25. The van der Waals surface area contributed by atoms with Crippen molar-refractivity contribution in [1.29, 1.82) is 0 Å². The Balaban J connectivity index is 1.31. The molecule has 9 heteroatoms. The molecule has 0 unspecified atom stereocenters. The van der Waals surface area contributed by atoms with Crippen LogP contribution < -0.4 is 9.64 Å². The van der Waals surface area contributed by atoms with E-state index in [2.05, 4.69) is 4.90 Å². The van der Waals surface area contributed by atoms with E-state index in [1.54, 1.807) is 28.4 Å². The molecule has 1 fully saturated rings. The molecule has 2 heterocycles. The molecule has 0 atom stereocenters. The zero-order chi connectivity index (χ0) is 22.6. The van der Waals surface area contributed by atoms with E-state index in [9.17, 15) is 13.2 Å². The summed E-state index contributed by atoms with van der Waals surface area (Å²) in [6.07, 6.45) is 0.0218. The van der Waals surface area contributed by atoms with Crippen molar-refractivity contribution in [1.82, 2.24) is 9.88 Å². The Morgan fingerprint density at radius 1 is 1.06 bits per heavy atom. The number of nitrogens with zero attached hydrogens (tertiary/aromatic N) is 3. The monoisotopic (exact) mass is 473 g/mol. The molecule has 0 bridgehead atoms. The van der Waals surface area contributed by atoms with Gasteiger partial charge in [0.15, 0.2) is 15.0 Å². The summed E-state index contributed by atoms with van der Waals surface area (Å²) < 4.78 is 31.5. The second kappa shape index (κ2) is 9.87. The van der Waals surface area contributed by atoms with Gasteiger partial charge in [0.05, 0.1) is 22.8 Å². The van der Waals surface area contributed by atoms with Crippen molar-refractivity contribution >= 4 is 42.4 Å². The molecule has 1 aromatic heterocycles. The second-order valence-corrected chi connectivity index (χ2v) is 10.9. The summed E-state index contributed by atoms with van der Waals surface area (Å²) in [5.41, 5.74) is 1.62. The Hall–Kier alpha value is -2.65. The van der Waals surface area contributed by atoms with Crippen LogP contribution in [-0.4, -0.2) is 62.7 Å². The van der Waals surface area contributed by atoms with E-state index >= 15 is 0 Å². The molecule has 3 aromatic rings.